The molecule has 0 radical (unpaired) electrons. The van der Waals surface area contributed by atoms with Crippen LogP contribution in [0.3, 0.4) is 0 Å². The second-order valence-corrected chi connectivity index (χ2v) is 3.53. The van der Waals surface area contributed by atoms with Gasteiger partial charge in [0.2, 0.25) is 0 Å². The van der Waals surface area contributed by atoms with E-state index in [2.05, 4.69) is 4.74 Å². The fourth-order valence-corrected chi connectivity index (χ4v) is 1.62. The molecule has 0 saturated carbocycles. The zero-order chi connectivity index (χ0) is 12.3. The van der Waals surface area contributed by atoms with Gasteiger partial charge in [0.1, 0.15) is 24.4 Å². The maximum atomic E-state index is 11.1. The SMILES string of the molecule is COC(=O)CC1O[C@H](O)C(O)C(O)[C@H]1OC. The fraction of sp³-hybridized carbons (Fsp3) is 0.889. The molecule has 7 heteroatoms. The minimum Gasteiger partial charge on any atom is -0.469 e. The van der Waals surface area contributed by atoms with Crippen LogP contribution in [0.15, 0.2) is 0 Å². The number of hydrogen-bond acceptors (Lipinski definition) is 7. The zero-order valence-electron chi connectivity index (χ0n) is 9.07. The Morgan fingerprint density at radius 3 is 2.38 bits per heavy atom. The number of aliphatic hydroxyl groups is 3. The van der Waals surface area contributed by atoms with Crippen LogP contribution in [0, 0.1) is 0 Å². The van der Waals surface area contributed by atoms with Gasteiger partial charge in [0.15, 0.2) is 6.29 Å². The van der Waals surface area contributed by atoms with Crippen LogP contribution in [-0.4, -0.2) is 66.2 Å². The lowest BCUT2D eigenvalue weighted by Crippen LogP contribution is -2.58. The van der Waals surface area contributed by atoms with E-state index in [0.717, 1.165) is 0 Å². The monoisotopic (exact) mass is 236 g/mol. The average Bonchev–Trinajstić information content (AvgIpc) is 2.26. The predicted molar refractivity (Wildman–Crippen MR) is 50.3 cm³/mol. The molecular formula is C9H16O7. The van der Waals surface area contributed by atoms with Crippen molar-refractivity contribution in [2.45, 2.75) is 37.1 Å². The molecule has 1 fully saturated rings. The third-order valence-corrected chi connectivity index (χ3v) is 2.53. The van der Waals surface area contributed by atoms with Crippen LogP contribution >= 0.6 is 0 Å². The van der Waals surface area contributed by atoms with Gasteiger partial charge in [0.05, 0.1) is 13.5 Å². The summed E-state index contributed by atoms with van der Waals surface area (Å²) in [5.74, 6) is -0.553. The minimum atomic E-state index is -1.55. The van der Waals surface area contributed by atoms with Crippen molar-refractivity contribution < 1.29 is 34.3 Å². The molecule has 5 atom stereocenters. The highest BCUT2D eigenvalue weighted by Crippen LogP contribution is 2.24. The second-order valence-electron chi connectivity index (χ2n) is 3.53. The van der Waals surface area contributed by atoms with Gasteiger partial charge < -0.3 is 29.5 Å². The number of carbonyl (C=O) groups excluding carboxylic acids is 1. The van der Waals surface area contributed by atoms with E-state index < -0.39 is 36.7 Å². The minimum absolute atomic E-state index is 0.171. The Labute approximate surface area is 92.5 Å². The molecule has 1 saturated heterocycles. The summed E-state index contributed by atoms with van der Waals surface area (Å²) in [6.07, 6.45) is -6.24. The molecule has 0 aliphatic carbocycles. The molecule has 1 rings (SSSR count). The molecule has 0 amide bonds. The predicted octanol–water partition coefficient (Wildman–Crippen LogP) is -2.00. The number of esters is 1. The van der Waals surface area contributed by atoms with Crippen LogP contribution in [-0.2, 0) is 19.0 Å². The smallest absolute Gasteiger partial charge is 0.308 e. The molecule has 1 aliphatic rings. The largest absolute Gasteiger partial charge is 0.469 e. The lowest BCUT2D eigenvalue weighted by atomic mass is 9.97. The molecule has 3 unspecified atom stereocenters. The van der Waals surface area contributed by atoms with Gasteiger partial charge in [-0.15, -0.1) is 0 Å². The van der Waals surface area contributed by atoms with Gasteiger partial charge in [-0.1, -0.05) is 0 Å². The molecule has 7 nitrogen and oxygen atoms in total. The molecule has 3 N–H and O–H groups in total. The lowest BCUT2D eigenvalue weighted by Gasteiger charge is -2.39. The Kier molecular flexibility index (Phi) is 4.63. The van der Waals surface area contributed by atoms with Crippen molar-refractivity contribution in [2.75, 3.05) is 14.2 Å². The lowest BCUT2D eigenvalue weighted by molar-refractivity contribution is -0.286. The Morgan fingerprint density at radius 1 is 1.25 bits per heavy atom. The maximum absolute atomic E-state index is 11.1. The maximum Gasteiger partial charge on any atom is 0.308 e. The Hall–Kier alpha value is -0.730. The van der Waals surface area contributed by atoms with Gasteiger partial charge in [-0.2, -0.15) is 0 Å². The van der Waals surface area contributed by atoms with Gasteiger partial charge >= 0.3 is 5.97 Å². The second kappa shape index (κ2) is 5.55. The van der Waals surface area contributed by atoms with Crippen molar-refractivity contribution in [2.24, 2.45) is 0 Å². The number of rotatable bonds is 3. The highest BCUT2D eigenvalue weighted by atomic mass is 16.6. The number of carbonyl (C=O) groups is 1. The molecule has 94 valence electrons. The summed E-state index contributed by atoms with van der Waals surface area (Å²) >= 11 is 0. The summed E-state index contributed by atoms with van der Waals surface area (Å²) in [5, 5.41) is 28.2. The van der Waals surface area contributed by atoms with E-state index in [0.29, 0.717) is 0 Å². The normalized spacial score (nSPS) is 39.4. The van der Waals surface area contributed by atoms with E-state index in [-0.39, 0.29) is 6.42 Å². The van der Waals surface area contributed by atoms with Crippen molar-refractivity contribution >= 4 is 5.97 Å². The summed E-state index contributed by atoms with van der Waals surface area (Å²) in [7, 11) is 2.53. The number of ether oxygens (including phenoxy) is 3. The molecule has 0 bridgehead atoms. The molecule has 0 aromatic carbocycles. The highest BCUT2D eigenvalue weighted by Gasteiger charge is 2.44. The van der Waals surface area contributed by atoms with E-state index in [9.17, 15) is 20.1 Å². The number of hydrogen-bond donors (Lipinski definition) is 3. The first-order valence-corrected chi connectivity index (χ1v) is 4.80. The van der Waals surface area contributed by atoms with Crippen molar-refractivity contribution in [3.05, 3.63) is 0 Å². The van der Waals surface area contributed by atoms with Crippen LogP contribution in [0.25, 0.3) is 0 Å². The molecule has 1 aliphatic heterocycles. The first kappa shape index (κ1) is 13.3. The van der Waals surface area contributed by atoms with Gasteiger partial charge in [-0.3, -0.25) is 4.79 Å². The first-order chi connectivity index (χ1) is 7.51. The van der Waals surface area contributed by atoms with Crippen LogP contribution < -0.4 is 0 Å². The molecular weight excluding hydrogens is 220 g/mol. The standard InChI is InChI=1S/C9H16O7/c1-14-5(10)3-4-8(15-2)6(11)7(12)9(13)16-4/h4,6-9,11-13H,3H2,1-2H3/t4?,6?,7?,8-,9-/m0/s1. The fourth-order valence-electron chi connectivity index (χ4n) is 1.62. The van der Waals surface area contributed by atoms with Crippen LogP contribution in [0.5, 0.6) is 0 Å². The molecule has 0 aromatic heterocycles. The van der Waals surface area contributed by atoms with Gasteiger partial charge in [-0.25, -0.2) is 0 Å². The van der Waals surface area contributed by atoms with E-state index in [1.54, 1.807) is 0 Å². The number of methoxy groups -OCH3 is 2. The van der Waals surface area contributed by atoms with E-state index in [1.807, 2.05) is 0 Å². The molecule has 16 heavy (non-hydrogen) atoms. The Morgan fingerprint density at radius 2 is 1.88 bits per heavy atom. The summed E-state index contributed by atoms with van der Waals surface area (Å²) in [4.78, 5) is 11.1. The van der Waals surface area contributed by atoms with Crippen LogP contribution in [0.1, 0.15) is 6.42 Å². The third kappa shape index (κ3) is 2.69. The highest BCUT2D eigenvalue weighted by molar-refractivity contribution is 5.69. The van der Waals surface area contributed by atoms with Gasteiger partial charge in [0.25, 0.3) is 0 Å². The zero-order valence-corrected chi connectivity index (χ0v) is 9.07. The van der Waals surface area contributed by atoms with Crippen molar-refractivity contribution in [1.29, 1.82) is 0 Å². The molecule has 1 heterocycles. The summed E-state index contributed by atoms with van der Waals surface area (Å²) in [6.45, 7) is 0. The Bertz CT molecular complexity index is 244. The molecule has 0 aromatic rings. The summed E-state index contributed by atoms with van der Waals surface area (Å²) in [6, 6.07) is 0. The Balaban J connectivity index is 2.70. The van der Waals surface area contributed by atoms with E-state index in [1.165, 1.54) is 14.2 Å². The van der Waals surface area contributed by atoms with E-state index in [4.69, 9.17) is 9.47 Å². The summed E-state index contributed by atoms with van der Waals surface area (Å²) < 4.78 is 14.3. The molecule has 0 spiro atoms. The van der Waals surface area contributed by atoms with Gasteiger partial charge in [-0.05, 0) is 0 Å². The topological polar surface area (TPSA) is 105 Å². The summed E-state index contributed by atoms with van der Waals surface area (Å²) in [5.41, 5.74) is 0. The average molecular weight is 236 g/mol. The van der Waals surface area contributed by atoms with E-state index >= 15 is 0 Å². The van der Waals surface area contributed by atoms with Crippen molar-refractivity contribution in [3.8, 4) is 0 Å². The van der Waals surface area contributed by atoms with Crippen LogP contribution in [0.4, 0.5) is 0 Å². The third-order valence-electron chi connectivity index (χ3n) is 2.53. The quantitative estimate of drug-likeness (QED) is 0.487. The van der Waals surface area contributed by atoms with Crippen molar-refractivity contribution in [1.82, 2.24) is 0 Å². The van der Waals surface area contributed by atoms with Crippen molar-refractivity contribution in [3.63, 3.8) is 0 Å². The number of aliphatic hydroxyl groups excluding tert-OH is 3. The first-order valence-electron chi connectivity index (χ1n) is 4.80. The van der Waals surface area contributed by atoms with Crippen LogP contribution in [0.2, 0.25) is 0 Å². The van der Waals surface area contributed by atoms with Gasteiger partial charge in [0, 0.05) is 7.11 Å².